The molecule has 0 atom stereocenters. The van der Waals surface area contributed by atoms with Gasteiger partial charge in [0.25, 0.3) is 0 Å². The number of benzene rings is 1. The molecule has 0 bridgehead atoms. The van der Waals surface area contributed by atoms with Gasteiger partial charge < -0.3 is 0 Å². The average Bonchev–Trinajstić information content (AvgIpc) is 3.01. The van der Waals surface area contributed by atoms with Gasteiger partial charge >= 0.3 is 0 Å². The summed E-state index contributed by atoms with van der Waals surface area (Å²) in [4.78, 5) is 14.1. The molecule has 78 valence electrons. The third kappa shape index (κ3) is 2.16. The SMILES string of the molecule is CC(C)(N=C=O)c1ccc(C2CC2)cc1. The first kappa shape index (κ1) is 10.1. The lowest BCUT2D eigenvalue weighted by Gasteiger charge is -2.18. The highest BCUT2D eigenvalue weighted by Gasteiger charge is 2.24. The molecule has 0 radical (unpaired) electrons. The summed E-state index contributed by atoms with van der Waals surface area (Å²) in [6, 6.07) is 8.42. The highest BCUT2D eigenvalue weighted by Crippen LogP contribution is 2.40. The van der Waals surface area contributed by atoms with Crippen LogP contribution in [-0.2, 0) is 10.3 Å². The Morgan fingerprint density at radius 3 is 2.33 bits per heavy atom. The van der Waals surface area contributed by atoms with Gasteiger partial charge in [-0.05, 0) is 43.7 Å². The molecule has 1 aliphatic carbocycles. The summed E-state index contributed by atoms with van der Waals surface area (Å²) in [6.45, 7) is 3.84. The third-order valence-corrected chi connectivity index (χ3v) is 2.99. The summed E-state index contributed by atoms with van der Waals surface area (Å²) in [5.74, 6) is 0.775. The van der Waals surface area contributed by atoms with E-state index in [1.54, 1.807) is 6.08 Å². The Balaban J connectivity index is 2.25. The van der Waals surface area contributed by atoms with Crippen LogP contribution in [0, 0.1) is 0 Å². The van der Waals surface area contributed by atoms with Crippen LogP contribution in [0.4, 0.5) is 0 Å². The van der Waals surface area contributed by atoms with Gasteiger partial charge in [-0.2, -0.15) is 4.99 Å². The van der Waals surface area contributed by atoms with Crippen LogP contribution in [0.2, 0.25) is 0 Å². The van der Waals surface area contributed by atoms with Gasteiger partial charge in [0.1, 0.15) is 0 Å². The molecular weight excluding hydrogens is 186 g/mol. The Labute approximate surface area is 90.0 Å². The molecule has 1 fully saturated rings. The monoisotopic (exact) mass is 201 g/mol. The zero-order valence-electron chi connectivity index (χ0n) is 9.16. The van der Waals surface area contributed by atoms with E-state index in [9.17, 15) is 4.79 Å². The van der Waals surface area contributed by atoms with Crippen LogP contribution in [0.25, 0.3) is 0 Å². The molecule has 0 aliphatic heterocycles. The maximum Gasteiger partial charge on any atom is 0.235 e. The lowest BCUT2D eigenvalue weighted by atomic mass is 9.94. The van der Waals surface area contributed by atoms with Crippen molar-refractivity contribution in [2.45, 2.75) is 38.1 Å². The number of carbonyl (C=O) groups excluding carboxylic acids is 1. The fraction of sp³-hybridized carbons (Fsp3) is 0.462. The molecule has 0 spiro atoms. The first-order chi connectivity index (χ1) is 7.13. The number of hydrogen-bond donors (Lipinski definition) is 0. The van der Waals surface area contributed by atoms with Crippen LogP contribution in [0.5, 0.6) is 0 Å². The molecule has 2 heteroatoms. The highest BCUT2D eigenvalue weighted by molar-refractivity contribution is 5.38. The van der Waals surface area contributed by atoms with Crippen LogP contribution >= 0.6 is 0 Å². The summed E-state index contributed by atoms with van der Waals surface area (Å²) >= 11 is 0. The second kappa shape index (κ2) is 3.63. The topological polar surface area (TPSA) is 29.4 Å². The molecule has 1 saturated carbocycles. The molecule has 2 rings (SSSR count). The van der Waals surface area contributed by atoms with Crippen LogP contribution < -0.4 is 0 Å². The van der Waals surface area contributed by atoms with Crippen molar-refractivity contribution in [3.63, 3.8) is 0 Å². The molecule has 1 aromatic carbocycles. The fourth-order valence-electron chi connectivity index (χ4n) is 1.76. The summed E-state index contributed by atoms with van der Waals surface area (Å²) < 4.78 is 0. The van der Waals surface area contributed by atoms with Gasteiger partial charge in [-0.1, -0.05) is 24.3 Å². The van der Waals surface area contributed by atoms with E-state index in [1.165, 1.54) is 18.4 Å². The molecular formula is C13H15NO. The maximum absolute atomic E-state index is 10.3. The molecule has 0 heterocycles. The van der Waals surface area contributed by atoms with E-state index in [1.807, 2.05) is 13.8 Å². The van der Waals surface area contributed by atoms with Crippen molar-refractivity contribution in [1.29, 1.82) is 0 Å². The van der Waals surface area contributed by atoms with Crippen molar-refractivity contribution in [2.75, 3.05) is 0 Å². The molecule has 0 saturated heterocycles. The molecule has 2 nitrogen and oxygen atoms in total. The Morgan fingerprint density at radius 2 is 1.87 bits per heavy atom. The Kier molecular flexibility index (Phi) is 2.45. The van der Waals surface area contributed by atoms with Gasteiger partial charge in [0, 0.05) is 0 Å². The number of isocyanates is 1. The lowest BCUT2D eigenvalue weighted by Crippen LogP contribution is -2.13. The van der Waals surface area contributed by atoms with Crippen molar-refractivity contribution in [2.24, 2.45) is 4.99 Å². The normalized spacial score (nSPS) is 15.9. The van der Waals surface area contributed by atoms with Gasteiger partial charge in [0.2, 0.25) is 6.08 Å². The molecule has 0 aromatic heterocycles. The van der Waals surface area contributed by atoms with Crippen molar-refractivity contribution < 1.29 is 4.79 Å². The van der Waals surface area contributed by atoms with E-state index in [0.29, 0.717) is 0 Å². The zero-order valence-corrected chi connectivity index (χ0v) is 9.16. The van der Waals surface area contributed by atoms with Crippen molar-refractivity contribution in [3.8, 4) is 0 Å². The van der Waals surface area contributed by atoms with Crippen molar-refractivity contribution in [1.82, 2.24) is 0 Å². The third-order valence-electron chi connectivity index (χ3n) is 2.99. The van der Waals surface area contributed by atoms with Crippen LogP contribution in [0.3, 0.4) is 0 Å². The van der Waals surface area contributed by atoms with E-state index in [4.69, 9.17) is 0 Å². The van der Waals surface area contributed by atoms with E-state index < -0.39 is 5.54 Å². The number of nitrogens with zero attached hydrogens (tertiary/aromatic N) is 1. The fourth-order valence-corrected chi connectivity index (χ4v) is 1.76. The summed E-state index contributed by atoms with van der Waals surface area (Å²) in [6.07, 6.45) is 4.26. The van der Waals surface area contributed by atoms with Crippen LogP contribution in [0.15, 0.2) is 29.3 Å². The number of rotatable bonds is 3. The molecule has 1 aromatic rings. The van der Waals surface area contributed by atoms with Gasteiger partial charge in [0.05, 0.1) is 5.54 Å². The van der Waals surface area contributed by atoms with Gasteiger partial charge in [-0.25, -0.2) is 4.79 Å². The van der Waals surface area contributed by atoms with E-state index in [0.717, 1.165) is 11.5 Å². The molecule has 1 aliphatic rings. The minimum atomic E-state index is -0.455. The Bertz CT molecular complexity index is 395. The number of aliphatic imine (C=N–C) groups is 1. The summed E-state index contributed by atoms with van der Waals surface area (Å²) in [5, 5.41) is 0. The smallest absolute Gasteiger partial charge is 0.211 e. The molecule has 0 amide bonds. The van der Waals surface area contributed by atoms with Crippen molar-refractivity contribution in [3.05, 3.63) is 35.4 Å². The number of hydrogen-bond acceptors (Lipinski definition) is 2. The van der Waals surface area contributed by atoms with Crippen LogP contribution in [-0.4, -0.2) is 6.08 Å². The standard InChI is InChI=1S/C13H15NO/c1-13(2,14-9-15)12-7-5-11(6-8-12)10-3-4-10/h5-8,10H,3-4H2,1-2H3. The molecule has 0 unspecified atom stereocenters. The van der Waals surface area contributed by atoms with Crippen molar-refractivity contribution >= 4 is 6.08 Å². The first-order valence-corrected chi connectivity index (χ1v) is 5.33. The second-order valence-corrected chi connectivity index (χ2v) is 4.66. The molecule has 0 N–H and O–H groups in total. The minimum absolute atomic E-state index is 0.455. The van der Waals surface area contributed by atoms with E-state index in [2.05, 4.69) is 29.3 Å². The van der Waals surface area contributed by atoms with Gasteiger partial charge in [0.15, 0.2) is 0 Å². The lowest BCUT2D eigenvalue weighted by molar-refractivity contribution is 0.523. The first-order valence-electron chi connectivity index (χ1n) is 5.33. The maximum atomic E-state index is 10.3. The van der Waals surface area contributed by atoms with Gasteiger partial charge in [-0.15, -0.1) is 0 Å². The van der Waals surface area contributed by atoms with E-state index >= 15 is 0 Å². The largest absolute Gasteiger partial charge is 0.235 e. The Hall–Kier alpha value is -1.40. The zero-order chi connectivity index (χ0) is 10.9. The van der Waals surface area contributed by atoms with Crippen LogP contribution in [0.1, 0.15) is 43.7 Å². The second-order valence-electron chi connectivity index (χ2n) is 4.66. The quantitative estimate of drug-likeness (QED) is 0.545. The Morgan fingerprint density at radius 1 is 1.27 bits per heavy atom. The minimum Gasteiger partial charge on any atom is -0.211 e. The molecule has 15 heavy (non-hydrogen) atoms. The highest BCUT2D eigenvalue weighted by atomic mass is 16.1. The van der Waals surface area contributed by atoms with Gasteiger partial charge in [-0.3, -0.25) is 0 Å². The summed E-state index contributed by atoms with van der Waals surface area (Å²) in [7, 11) is 0. The predicted molar refractivity (Wildman–Crippen MR) is 59.6 cm³/mol. The van der Waals surface area contributed by atoms with E-state index in [-0.39, 0.29) is 0 Å². The average molecular weight is 201 g/mol. The predicted octanol–water partition coefficient (Wildman–Crippen LogP) is 3.13. The summed E-state index contributed by atoms with van der Waals surface area (Å²) in [5.41, 5.74) is 2.02.